The zero-order valence-electron chi connectivity index (χ0n) is 18.1. The first-order chi connectivity index (χ1) is 14.8. The van der Waals surface area contributed by atoms with E-state index in [0.29, 0.717) is 29.1 Å². The summed E-state index contributed by atoms with van der Waals surface area (Å²) in [6.07, 6.45) is 0. The van der Waals surface area contributed by atoms with E-state index in [-0.39, 0.29) is 35.5 Å². The summed E-state index contributed by atoms with van der Waals surface area (Å²) in [6.45, 7) is 8.00. The number of benzene rings is 1. The van der Waals surface area contributed by atoms with Gasteiger partial charge in [-0.1, -0.05) is 18.2 Å². The zero-order valence-corrected chi connectivity index (χ0v) is 18.9. The average Bonchev–Trinajstić information content (AvgIpc) is 3.09. The minimum absolute atomic E-state index is 0.157. The molecule has 3 amide bonds. The van der Waals surface area contributed by atoms with Crippen LogP contribution in [0.2, 0.25) is 0 Å². The number of nitrogens with zero attached hydrogens (tertiary/aromatic N) is 1. The molecule has 2 aromatic rings. The average molecular weight is 446 g/mol. The Morgan fingerprint density at radius 1 is 1.03 bits per heavy atom. The van der Waals surface area contributed by atoms with Crippen LogP contribution in [0.1, 0.15) is 56.7 Å². The second kappa shape index (κ2) is 11.3. The molecule has 1 aromatic heterocycles. The summed E-state index contributed by atoms with van der Waals surface area (Å²) in [4.78, 5) is 51.9. The summed E-state index contributed by atoms with van der Waals surface area (Å²) in [6, 6.07) is 8.52. The lowest BCUT2D eigenvalue weighted by atomic mass is 10.1. The maximum Gasteiger partial charge on any atom is 0.341 e. The van der Waals surface area contributed by atoms with E-state index >= 15 is 0 Å². The molecule has 0 saturated carbocycles. The largest absolute Gasteiger partial charge is 0.462 e. The predicted octanol–water partition coefficient (Wildman–Crippen LogP) is 3.08. The first-order valence-electron chi connectivity index (χ1n) is 10.1. The molecule has 0 unspecified atom stereocenters. The van der Waals surface area contributed by atoms with Gasteiger partial charge < -0.3 is 20.3 Å². The van der Waals surface area contributed by atoms with E-state index in [1.165, 1.54) is 0 Å². The molecule has 0 spiro atoms. The Labute approximate surface area is 185 Å². The number of anilines is 1. The van der Waals surface area contributed by atoms with Crippen molar-refractivity contribution in [3.8, 4) is 0 Å². The summed E-state index contributed by atoms with van der Waals surface area (Å²) in [7, 11) is 0. The van der Waals surface area contributed by atoms with E-state index in [4.69, 9.17) is 4.74 Å². The summed E-state index contributed by atoms with van der Waals surface area (Å²) in [5.41, 5.74) is 1.05. The highest BCUT2D eigenvalue weighted by atomic mass is 32.1. The van der Waals surface area contributed by atoms with Gasteiger partial charge in [-0.15, -0.1) is 11.3 Å². The summed E-state index contributed by atoms with van der Waals surface area (Å²) >= 11 is 1.03. The lowest BCUT2D eigenvalue weighted by Crippen LogP contribution is -2.33. The Morgan fingerprint density at radius 3 is 2.26 bits per heavy atom. The Kier molecular flexibility index (Phi) is 8.75. The molecular formula is C22H27N3O5S. The molecule has 1 heterocycles. The van der Waals surface area contributed by atoms with Gasteiger partial charge in [0.15, 0.2) is 0 Å². The number of esters is 1. The van der Waals surface area contributed by atoms with Gasteiger partial charge in [0.2, 0.25) is 5.91 Å². The second-order valence-electron chi connectivity index (χ2n) is 6.56. The van der Waals surface area contributed by atoms with Gasteiger partial charge in [0.1, 0.15) is 5.00 Å². The van der Waals surface area contributed by atoms with Gasteiger partial charge in [-0.25, -0.2) is 4.79 Å². The van der Waals surface area contributed by atoms with E-state index in [0.717, 1.165) is 11.3 Å². The lowest BCUT2D eigenvalue weighted by molar-refractivity contribution is -0.115. The van der Waals surface area contributed by atoms with E-state index < -0.39 is 11.9 Å². The highest BCUT2D eigenvalue weighted by molar-refractivity contribution is 7.18. The van der Waals surface area contributed by atoms with E-state index in [2.05, 4.69) is 10.6 Å². The smallest absolute Gasteiger partial charge is 0.341 e. The SMILES string of the molecule is CCOC(=O)c1c(NC(=O)CNC(=O)c2ccccc2)sc(C(=O)N(CC)CC)c1C. The third-order valence-electron chi connectivity index (χ3n) is 4.57. The number of nitrogens with one attached hydrogen (secondary N) is 2. The molecule has 0 aliphatic carbocycles. The van der Waals surface area contributed by atoms with Gasteiger partial charge in [-0.3, -0.25) is 14.4 Å². The predicted molar refractivity (Wildman–Crippen MR) is 120 cm³/mol. The number of amides is 3. The van der Waals surface area contributed by atoms with Crippen molar-refractivity contribution in [2.24, 2.45) is 0 Å². The molecule has 0 radical (unpaired) electrons. The number of hydrogen-bond donors (Lipinski definition) is 2. The van der Waals surface area contributed by atoms with Crippen LogP contribution < -0.4 is 10.6 Å². The molecule has 31 heavy (non-hydrogen) atoms. The minimum Gasteiger partial charge on any atom is -0.462 e. The van der Waals surface area contributed by atoms with Crippen molar-refractivity contribution < 1.29 is 23.9 Å². The molecule has 0 bridgehead atoms. The Balaban J connectivity index is 2.22. The molecule has 0 fully saturated rings. The Hall–Kier alpha value is -3.20. The van der Waals surface area contributed by atoms with Crippen LogP contribution in [0.25, 0.3) is 0 Å². The Bertz CT molecular complexity index is 952. The van der Waals surface area contributed by atoms with Crippen molar-refractivity contribution in [3.63, 3.8) is 0 Å². The molecule has 0 aliphatic heterocycles. The van der Waals surface area contributed by atoms with Gasteiger partial charge in [-0.05, 0) is 45.4 Å². The number of carbonyl (C=O) groups excluding carboxylic acids is 4. The molecule has 9 heteroatoms. The van der Waals surface area contributed by atoms with Crippen LogP contribution >= 0.6 is 11.3 Å². The van der Waals surface area contributed by atoms with Gasteiger partial charge in [0.25, 0.3) is 11.8 Å². The molecule has 0 atom stereocenters. The Morgan fingerprint density at radius 2 is 1.68 bits per heavy atom. The summed E-state index contributed by atoms with van der Waals surface area (Å²) in [5.74, 6) is -1.73. The van der Waals surface area contributed by atoms with Gasteiger partial charge >= 0.3 is 5.97 Å². The number of rotatable bonds is 9. The van der Waals surface area contributed by atoms with E-state index in [1.54, 1.807) is 49.1 Å². The van der Waals surface area contributed by atoms with Gasteiger partial charge in [0.05, 0.1) is 23.6 Å². The standard InChI is InChI=1S/C22H27N3O5S/c1-5-25(6-2)21(28)18-14(4)17(22(29)30-7-3)20(31-18)24-16(26)13-23-19(27)15-11-9-8-10-12-15/h8-12H,5-7,13H2,1-4H3,(H,23,27)(H,24,26). The molecule has 0 aliphatic rings. The quantitative estimate of drug-likeness (QED) is 0.577. The van der Waals surface area contributed by atoms with Crippen molar-refractivity contribution in [3.05, 3.63) is 51.9 Å². The third kappa shape index (κ3) is 5.91. The normalized spacial score (nSPS) is 10.3. The molecule has 1 aromatic carbocycles. The van der Waals surface area contributed by atoms with Crippen LogP contribution in [0.5, 0.6) is 0 Å². The highest BCUT2D eigenvalue weighted by Gasteiger charge is 2.28. The maximum atomic E-state index is 12.8. The van der Waals surface area contributed by atoms with Crippen LogP contribution in [-0.4, -0.2) is 54.8 Å². The van der Waals surface area contributed by atoms with Crippen LogP contribution in [0.4, 0.5) is 5.00 Å². The highest BCUT2D eigenvalue weighted by Crippen LogP contribution is 2.34. The van der Waals surface area contributed by atoms with Crippen LogP contribution in [0.15, 0.2) is 30.3 Å². The van der Waals surface area contributed by atoms with Crippen molar-refractivity contribution in [1.29, 1.82) is 0 Å². The number of hydrogen-bond acceptors (Lipinski definition) is 6. The molecule has 166 valence electrons. The van der Waals surface area contributed by atoms with Crippen molar-refractivity contribution in [2.45, 2.75) is 27.7 Å². The van der Waals surface area contributed by atoms with Crippen molar-refractivity contribution in [2.75, 3.05) is 31.6 Å². The molecular weight excluding hydrogens is 418 g/mol. The van der Waals surface area contributed by atoms with Gasteiger partial charge in [0, 0.05) is 18.7 Å². The first-order valence-corrected chi connectivity index (χ1v) is 10.9. The van der Waals surface area contributed by atoms with Crippen LogP contribution in [0, 0.1) is 6.92 Å². The molecule has 0 saturated heterocycles. The fourth-order valence-corrected chi connectivity index (χ4v) is 4.11. The van der Waals surface area contributed by atoms with Crippen molar-refractivity contribution in [1.82, 2.24) is 10.2 Å². The number of ether oxygens (including phenoxy) is 1. The minimum atomic E-state index is -0.613. The number of carbonyl (C=O) groups is 4. The first kappa shape index (κ1) is 24.1. The topological polar surface area (TPSA) is 105 Å². The molecule has 8 nitrogen and oxygen atoms in total. The van der Waals surface area contributed by atoms with Crippen molar-refractivity contribution >= 4 is 40.0 Å². The van der Waals surface area contributed by atoms with E-state index in [1.807, 2.05) is 13.8 Å². The fourth-order valence-electron chi connectivity index (χ4n) is 2.93. The molecule has 2 rings (SSSR count). The zero-order chi connectivity index (χ0) is 23.0. The lowest BCUT2D eigenvalue weighted by Gasteiger charge is -2.18. The fraction of sp³-hybridized carbons (Fsp3) is 0.364. The monoisotopic (exact) mass is 445 g/mol. The summed E-state index contributed by atoms with van der Waals surface area (Å²) in [5, 5.41) is 5.40. The van der Waals surface area contributed by atoms with Crippen LogP contribution in [0.3, 0.4) is 0 Å². The summed E-state index contributed by atoms with van der Waals surface area (Å²) < 4.78 is 5.12. The van der Waals surface area contributed by atoms with Gasteiger partial charge in [-0.2, -0.15) is 0 Å². The number of thiophene rings is 1. The van der Waals surface area contributed by atoms with E-state index in [9.17, 15) is 19.2 Å². The maximum absolute atomic E-state index is 12.8. The second-order valence-corrected chi connectivity index (χ2v) is 7.58. The third-order valence-corrected chi connectivity index (χ3v) is 5.76. The molecule has 2 N–H and O–H groups in total. The van der Waals surface area contributed by atoms with Crippen LogP contribution in [-0.2, 0) is 9.53 Å².